The number of aryl methyl sites for hydroxylation is 1. The first kappa shape index (κ1) is 15.9. The lowest BCUT2D eigenvalue weighted by atomic mass is 10.1. The van der Waals surface area contributed by atoms with Crippen molar-refractivity contribution in [1.29, 1.82) is 0 Å². The lowest BCUT2D eigenvalue weighted by Gasteiger charge is -2.23. The van der Waals surface area contributed by atoms with Crippen molar-refractivity contribution in [2.24, 2.45) is 7.05 Å². The molecule has 2 aromatic rings. The van der Waals surface area contributed by atoms with Gasteiger partial charge >= 0.3 is 0 Å². The summed E-state index contributed by atoms with van der Waals surface area (Å²) in [6.07, 6.45) is 4.64. The number of anilines is 1. The Morgan fingerprint density at radius 1 is 1.30 bits per heavy atom. The average Bonchev–Trinajstić information content (AvgIpc) is 3.16. The summed E-state index contributed by atoms with van der Waals surface area (Å²) in [6.45, 7) is 0.497. The molecule has 8 heteroatoms. The minimum Gasteiger partial charge on any atom is -0.363 e. The Morgan fingerprint density at radius 3 is 2.74 bits per heavy atom. The first-order valence-corrected chi connectivity index (χ1v) is 8.97. The van der Waals surface area contributed by atoms with Crippen LogP contribution < -0.4 is 4.90 Å². The number of rotatable bonds is 4. The standard InChI is InChI=1S/C15H21N5O2S/c1-18(2)14-8-4-6-12(17-14)13-7-5-9-20(13)23(21,22)15-10-19(3)11-16-15/h4,6,8,10-11,13H,5,7,9H2,1-3H3/t13-/m0/s1. The Kier molecular flexibility index (Phi) is 4.11. The fourth-order valence-corrected chi connectivity index (χ4v) is 4.48. The lowest BCUT2D eigenvalue weighted by molar-refractivity contribution is 0.389. The van der Waals surface area contributed by atoms with Gasteiger partial charge in [-0.15, -0.1) is 0 Å². The molecule has 124 valence electrons. The molecule has 23 heavy (non-hydrogen) atoms. The van der Waals surface area contributed by atoms with E-state index in [-0.39, 0.29) is 11.1 Å². The second-order valence-corrected chi connectivity index (χ2v) is 7.80. The van der Waals surface area contributed by atoms with Gasteiger partial charge in [0.25, 0.3) is 10.0 Å². The van der Waals surface area contributed by atoms with Gasteiger partial charge in [0, 0.05) is 33.9 Å². The van der Waals surface area contributed by atoms with E-state index in [1.165, 1.54) is 16.8 Å². The zero-order chi connectivity index (χ0) is 16.6. The van der Waals surface area contributed by atoms with Crippen LogP contribution in [0.1, 0.15) is 24.6 Å². The number of aromatic nitrogens is 3. The average molecular weight is 335 g/mol. The van der Waals surface area contributed by atoms with Crippen molar-refractivity contribution in [1.82, 2.24) is 18.8 Å². The molecule has 3 heterocycles. The molecular weight excluding hydrogens is 314 g/mol. The fraction of sp³-hybridized carbons (Fsp3) is 0.467. The number of hydrogen-bond acceptors (Lipinski definition) is 5. The molecule has 2 aromatic heterocycles. The molecule has 0 N–H and O–H groups in total. The van der Waals surface area contributed by atoms with Crippen LogP contribution >= 0.6 is 0 Å². The van der Waals surface area contributed by atoms with Crippen molar-refractivity contribution < 1.29 is 8.42 Å². The van der Waals surface area contributed by atoms with Crippen LogP contribution in [0.5, 0.6) is 0 Å². The SMILES string of the molecule is CN(C)c1cccc([C@@H]2CCCN2S(=O)(=O)c2cn(C)cn2)n1. The summed E-state index contributed by atoms with van der Waals surface area (Å²) in [5.74, 6) is 0.824. The number of nitrogens with zero attached hydrogens (tertiary/aromatic N) is 5. The molecule has 0 radical (unpaired) electrons. The highest BCUT2D eigenvalue weighted by atomic mass is 32.2. The maximum Gasteiger partial charge on any atom is 0.262 e. The van der Waals surface area contributed by atoms with E-state index in [1.54, 1.807) is 11.6 Å². The van der Waals surface area contributed by atoms with E-state index in [9.17, 15) is 8.42 Å². The summed E-state index contributed by atoms with van der Waals surface area (Å²) in [5, 5.41) is 0.0932. The molecule has 0 aromatic carbocycles. The molecule has 0 unspecified atom stereocenters. The summed E-state index contributed by atoms with van der Waals surface area (Å²) in [5.41, 5.74) is 0.785. The van der Waals surface area contributed by atoms with Crippen molar-refractivity contribution >= 4 is 15.8 Å². The molecule has 3 rings (SSSR count). The van der Waals surface area contributed by atoms with Crippen LogP contribution in [0.15, 0.2) is 35.7 Å². The summed E-state index contributed by atoms with van der Waals surface area (Å²) in [4.78, 5) is 10.5. The normalized spacial score (nSPS) is 19.2. The predicted octanol–water partition coefficient (Wildman–Crippen LogP) is 1.41. The smallest absolute Gasteiger partial charge is 0.262 e. The van der Waals surface area contributed by atoms with E-state index >= 15 is 0 Å². The third-order valence-corrected chi connectivity index (χ3v) is 5.81. The summed E-state index contributed by atoms with van der Waals surface area (Å²) >= 11 is 0. The highest BCUT2D eigenvalue weighted by molar-refractivity contribution is 7.89. The lowest BCUT2D eigenvalue weighted by Crippen LogP contribution is -2.31. The Morgan fingerprint density at radius 2 is 2.09 bits per heavy atom. The Hall–Kier alpha value is -1.93. The van der Waals surface area contributed by atoms with Crippen molar-refractivity contribution in [3.8, 4) is 0 Å². The Bertz CT molecular complexity index is 800. The van der Waals surface area contributed by atoms with Gasteiger partial charge in [0.05, 0.1) is 18.1 Å². The van der Waals surface area contributed by atoms with Crippen molar-refractivity contribution in [3.63, 3.8) is 0 Å². The van der Waals surface area contributed by atoms with Gasteiger partial charge in [-0.25, -0.2) is 18.4 Å². The number of imidazole rings is 1. The van der Waals surface area contributed by atoms with Crippen LogP contribution in [0.4, 0.5) is 5.82 Å². The minimum atomic E-state index is -3.60. The highest BCUT2D eigenvalue weighted by Gasteiger charge is 2.38. The molecule has 0 spiro atoms. The van der Waals surface area contributed by atoms with Crippen LogP contribution in [-0.4, -0.2) is 47.9 Å². The Balaban J connectivity index is 1.96. The van der Waals surface area contributed by atoms with Gasteiger partial charge in [-0.3, -0.25) is 0 Å². The first-order valence-electron chi connectivity index (χ1n) is 7.53. The molecule has 1 aliphatic heterocycles. The van der Waals surface area contributed by atoms with Gasteiger partial charge in [-0.05, 0) is 25.0 Å². The maximum atomic E-state index is 12.9. The molecule has 0 bridgehead atoms. The van der Waals surface area contributed by atoms with Crippen LogP contribution in [-0.2, 0) is 17.1 Å². The third-order valence-electron chi connectivity index (χ3n) is 4.01. The van der Waals surface area contributed by atoms with Crippen LogP contribution in [0.2, 0.25) is 0 Å². The second kappa shape index (κ2) is 5.93. The minimum absolute atomic E-state index is 0.0932. The monoisotopic (exact) mass is 335 g/mol. The van der Waals surface area contributed by atoms with Gasteiger partial charge < -0.3 is 9.47 Å². The van der Waals surface area contributed by atoms with E-state index in [0.29, 0.717) is 6.54 Å². The molecule has 1 fully saturated rings. The van der Waals surface area contributed by atoms with Gasteiger partial charge in [0.1, 0.15) is 5.82 Å². The van der Waals surface area contributed by atoms with Crippen LogP contribution in [0.25, 0.3) is 0 Å². The summed E-state index contributed by atoms with van der Waals surface area (Å²) in [6, 6.07) is 5.49. The Labute approximate surface area is 136 Å². The van der Waals surface area contributed by atoms with E-state index in [1.807, 2.05) is 37.2 Å². The van der Waals surface area contributed by atoms with Crippen LogP contribution in [0, 0.1) is 0 Å². The third kappa shape index (κ3) is 2.96. The van der Waals surface area contributed by atoms with Crippen LogP contribution in [0.3, 0.4) is 0 Å². The molecule has 1 aliphatic rings. The van der Waals surface area contributed by atoms with Gasteiger partial charge in [-0.1, -0.05) is 6.07 Å². The molecule has 0 amide bonds. The molecule has 1 atom stereocenters. The largest absolute Gasteiger partial charge is 0.363 e. The molecular formula is C15H21N5O2S. The zero-order valence-electron chi connectivity index (χ0n) is 13.5. The van der Waals surface area contributed by atoms with E-state index < -0.39 is 10.0 Å². The molecule has 0 saturated carbocycles. The summed E-state index contributed by atoms with van der Waals surface area (Å²) in [7, 11) is 2.00. The number of sulfonamides is 1. The van der Waals surface area contributed by atoms with E-state index in [2.05, 4.69) is 9.97 Å². The van der Waals surface area contributed by atoms with Gasteiger partial charge in [0.2, 0.25) is 0 Å². The number of hydrogen-bond donors (Lipinski definition) is 0. The van der Waals surface area contributed by atoms with Gasteiger partial charge in [0.15, 0.2) is 5.03 Å². The van der Waals surface area contributed by atoms with E-state index in [0.717, 1.165) is 24.4 Å². The highest BCUT2D eigenvalue weighted by Crippen LogP contribution is 2.35. The maximum absolute atomic E-state index is 12.9. The second-order valence-electron chi connectivity index (χ2n) is 5.97. The van der Waals surface area contributed by atoms with Crippen molar-refractivity contribution in [3.05, 3.63) is 36.4 Å². The molecule has 7 nitrogen and oxygen atoms in total. The molecule has 1 saturated heterocycles. The van der Waals surface area contributed by atoms with E-state index in [4.69, 9.17) is 0 Å². The topological polar surface area (TPSA) is 71.3 Å². The fourth-order valence-electron chi connectivity index (χ4n) is 2.84. The first-order chi connectivity index (χ1) is 10.9. The molecule has 0 aliphatic carbocycles. The summed E-state index contributed by atoms with van der Waals surface area (Å²) < 4.78 is 28.9. The quantitative estimate of drug-likeness (QED) is 0.845. The van der Waals surface area contributed by atoms with Crippen molar-refractivity contribution in [2.75, 3.05) is 25.5 Å². The zero-order valence-corrected chi connectivity index (χ0v) is 14.4. The predicted molar refractivity (Wildman–Crippen MR) is 87.6 cm³/mol. The van der Waals surface area contributed by atoms with Gasteiger partial charge in [-0.2, -0.15) is 4.31 Å². The number of pyridine rings is 1. The van der Waals surface area contributed by atoms with Crippen molar-refractivity contribution in [2.45, 2.75) is 23.9 Å².